The maximum absolute atomic E-state index is 12.5. The Kier molecular flexibility index (Phi) is 5.01. The van der Waals surface area contributed by atoms with E-state index in [1.165, 1.54) is 18.2 Å². The van der Waals surface area contributed by atoms with Gasteiger partial charge in [0.25, 0.3) is 0 Å². The minimum absolute atomic E-state index is 0.0806. The Hall–Kier alpha value is -2.10. The number of nitriles is 1. The molecule has 0 unspecified atom stereocenters. The minimum Gasteiger partial charge on any atom is -0.497 e. The van der Waals surface area contributed by atoms with E-state index < -0.39 is 9.84 Å². The van der Waals surface area contributed by atoms with E-state index in [1.807, 2.05) is 0 Å². The van der Waals surface area contributed by atoms with Crippen LogP contribution in [0.2, 0.25) is 0 Å². The lowest BCUT2D eigenvalue weighted by Crippen LogP contribution is -2.03. The second-order valence-electron chi connectivity index (χ2n) is 4.35. The first-order valence-electron chi connectivity index (χ1n) is 6.24. The Bertz CT molecular complexity index is 832. The van der Waals surface area contributed by atoms with Crippen molar-refractivity contribution in [2.45, 2.75) is 4.90 Å². The van der Waals surface area contributed by atoms with Crippen molar-refractivity contribution in [1.29, 1.82) is 5.26 Å². The summed E-state index contributed by atoms with van der Waals surface area (Å²) >= 11 is 3.25. The van der Waals surface area contributed by atoms with Crippen molar-refractivity contribution in [3.63, 3.8) is 0 Å². The average molecular weight is 378 g/mol. The number of ether oxygens (including phenoxy) is 1. The molecule has 0 heterocycles. The fraction of sp³-hybridized carbons (Fsp3) is 0.0625. The van der Waals surface area contributed by atoms with Crippen LogP contribution in [0, 0.1) is 11.3 Å². The molecule has 2 rings (SSSR count). The van der Waals surface area contributed by atoms with Crippen molar-refractivity contribution in [2.24, 2.45) is 0 Å². The number of benzene rings is 2. The normalized spacial score (nSPS) is 11.8. The molecule has 2 aromatic carbocycles. The Morgan fingerprint density at radius 1 is 1.14 bits per heavy atom. The molecule has 0 spiro atoms. The van der Waals surface area contributed by atoms with Gasteiger partial charge in [0.15, 0.2) is 0 Å². The third kappa shape index (κ3) is 3.56. The first-order valence-corrected chi connectivity index (χ1v) is 8.51. The molecule has 0 saturated carbocycles. The van der Waals surface area contributed by atoms with Crippen LogP contribution in [0.15, 0.2) is 62.8 Å². The fourth-order valence-corrected chi connectivity index (χ4v) is 3.19. The third-order valence-electron chi connectivity index (χ3n) is 2.94. The van der Waals surface area contributed by atoms with Crippen LogP contribution in [0.4, 0.5) is 0 Å². The van der Waals surface area contributed by atoms with Gasteiger partial charge < -0.3 is 4.74 Å². The molecule has 6 heteroatoms. The average Bonchev–Trinajstić information content (AvgIpc) is 2.53. The van der Waals surface area contributed by atoms with Crippen LogP contribution >= 0.6 is 15.9 Å². The Morgan fingerprint density at radius 2 is 1.73 bits per heavy atom. The highest BCUT2D eigenvalue weighted by Crippen LogP contribution is 2.23. The van der Waals surface area contributed by atoms with Crippen LogP contribution in [-0.2, 0) is 9.84 Å². The molecule has 0 aliphatic rings. The van der Waals surface area contributed by atoms with Crippen molar-refractivity contribution in [3.05, 3.63) is 63.5 Å². The van der Waals surface area contributed by atoms with Gasteiger partial charge >= 0.3 is 0 Å². The van der Waals surface area contributed by atoms with Crippen molar-refractivity contribution >= 4 is 31.8 Å². The van der Waals surface area contributed by atoms with Crippen LogP contribution in [0.25, 0.3) is 6.08 Å². The highest BCUT2D eigenvalue weighted by Gasteiger charge is 2.20. The van der Waals surface area contributed by atoms with Crippen LogP contribution < -0.4 is 4.74 Å². The molecule has 0 aliphatic heterocycles. The zero-order valence-corrected chi connectivity index (χ0v) is 14.1. The summed E-state index contributed by atoms with van der Waals surface area (Å²) < 4.78 is 30.8. The van der Waals surface area contributed by atoms with E-state index in [-0.39, 0.29) is 9.80 Å². The Labute approximate surface area is 137 Å². The molecule has 0 saturated heterocycles. The molecular formula is C16H12BrNO3S. The number of nitrogens with zero attached hydrogens (tertiary/aromatic N) is 1. The number of hydrogen-bond donors (Lipinski definition) is 0. The third-order valence-corrected chi connectivity index (χ3v) is 5.15. The molecule has 4 nitrogen and oxygen atoms in total. The molecule has 22 heavy (non-hydrogen) atoms. The van der Waals surface area contributed by atoms with E-state index in [1.54, 1.807) is 49.6 Å². The van der Waals surface area contributed by atoms with E-state index in [0.717, 1.165) is 4.47 Å². The van der Waals surface area contributed by atoms with Gasteiger partial charge in [-0.25, -0.2) is 8.42 Å². The predicted molar refractivity (Wildman–Crippen MR) is 87.9 cm³/mol. The van der Waals surface area contributed by atoms with Crippen LogP contribution in [0.5, 0.6) is 5.75 Å². The second-order valence-corrected chi connectivity index (χ2v) is 7.18. The fourth-order valence-electron chi connectivity index (χ4n) is 1.76. The summed E-state index contributed by atoms with van der Waals surface area (Å²) in [6.45, 7) is 0. The smallest absolute Gasteiger partial charge is 0.216 e. The topological polar surface area (TPSA) is 67.2 Å². The van der Waals surface area contributed by atoms with Gasteiger partial charge in [0.1, 0.15) is 16.7 Å². The van der Waals surface area contributed by atoms with E-state index in [9.17, 15) is 13.7 Å². The summed E-state index contributed by atoms with van der Waals surface area (Å²) in [4.78, 5) is -0.225. The highest BCUT2D eigenvalue weighted by atomic mass is 79.9. The van der Waals surface area contributed by atoms with Gasteiger partial charge in [0.2, 0.25) is 9.84 Å². The molecule has 0 fully saturated rings. The number of sulfone groups is 1. The molecule has 0 radical (unpaired) electrons. The van der Waals surface area contributed by atoms with Gasteiger partial charge in [0.05, 0.1) is 12.0 Å². The first-order chi connectivity index (χ1) is 10.5. The van der Waals surface area contributed by atoms with Crippen LogP contribution in [-0.4, -0.2) is 15.5 Å². The monoisotopic (exact) mass is 377 g/mol. The first kappa shape index (κ1) is 16.3. The largest absolute Gasteiger partial charge is 0.497 e. The van der Waals surface area contributed by atoms with Gasteiger partial charge in [-0.15, -0.1) is 0 Å². The molecular weight excluding hydrogens is 366 g/mol. The van der Waals surface area contributed by atoms with E-state index >= 15 is 0 Å². The number of halogens is 1. The molecule has 112 valence electrons. The molecule has 0 atom stereocenters. The summed E-state index contributed by atoms with van der Waals surface area (Å²) in [6.07, 6.45) is 1.34. The maximum Gasteiger partial charge on any atom is 0.216 e. The van der Waals surface area contributed by atoms with E-state index in [4.69, 9.17) is 4.74 Å². The van der Waals surface area contributed by atoms with Crippen LogP contribution in [0.1, 0.15) is 5.56 Å². The zero-order valence-electron chi connectivity index (χ0n) is 11.7. The van der Waals surface area contributed by atoms with Crippen molar-refractivity contribution in [1.82, 2.24) is 0 Å². The summed E-state index contributed by atoms with van der Waals surface area (Å²) in [7, 11) is -2.29. The SMILES string of the molecule is COc1ccc(C=C(C#N)S(=O)(=O)c2ccc(Br)cc2)cc1. The second kappa shape index (κ2) is 6.77. The molecule has 0 N–H and O–H groups in total. The van der Waals surface area contributed by atoms with Crippen molar-refractivity contribution < 1.29 is 13.2 Å². The maximum atomic E-state index is 12.5. The lowest BCUT2D eigenvalue weighted by molar-refractivity contribution is 0.415. The van der Waals surface area contributed by atoms with Crippen molar-refractivity contribution in [3.8, 4) is 11.8 Å². The van der Waals surface area contributed by atoms with Gasteiger partial charge in [-0.1, -0.05) is 28.1 Å². The molecule has 0 aliphatic carbocycles. The lowest BCUT2D eigenvalue weighted by Gasteiger charge is -2.04. The highest BCUT2D eigenvalue weighted by molar-refractivity contribution is 9.10. The molecule has 0 bridgehead atoms. The molecule has 0 amide bonds. The predicted octanol–water partition coefficient (Wildman–Crippen LogP) is 3.80. The molecule has 0 aromatic heterocycles. The standard InChI is InChI=1S/C16H12BrNO3S/c1-21-14-6-2-12(3-7-14)10-16(11-18)22(19,20)15-8-4-13(17)5-9-15/h2-10H,1H3. The van der Waals surface area contributed by atoms with E-state index in [0.29, 0.717) is 11.3 Å². The summed E-state index contributed by atoms with van der Waals surface area (Å²) in [5, 5.41) is 9.21. The Morgan fingerprint density at radius 3 is 2.23 bits per heavy atom. The quantitative estimate of drug-likeness (QED) is 0.759. The van der Waals surface area contributed by atoms with Gasteiger partial charge in [-0.2, -0.15) is 5.26 Å². The minimum atomic E-state index is -3.83. The van der Waals surface area contributed by atoms with Gasteiger partial charge in [-0.05, 0) is 48.0 Å². The van der Waals surface area contributed by atoms with Gasteiger partial charge in [-0.3, -0.25) is 0 Å². The summed E-state index contributed by atoms with van der Waals surface area (Å²) in [5.41, 5.74) is 0.609. The summed E-state index contributed by atoms with van der Waals surface area (Å²) in [5.74, 6) is 0.659. The lowest BCUT2D eigenvalue weighted by atomic mass is 10.2. The number of rotatable bonds is 4. The van der Waals surface area contributed by atoms with Crippen LogP contribution in [0.3, 0.4) is 0 Å². The van der Waals surface area contributed by atoms with Crippen molar-refractivity contribution in [2.75, 3.05) is 7.11 Å². The number of methoxy groups -OCH3 is 1. The Balaban J connectivity index is 2.43. The number of allylic oxidation sites excluding steroid dienone is 1. The number of hydrogen-bond acceptors (Lipinski definition) is 4. The molecule has 2 aromatic rings. The van der Waals surface area contributed by atoms with Gasteiger partial charge in [0, 0.05) is 4.47 Å². The van der Waals surface area contributed by atoms with E-state index in [2.05, 4.69) is 15.9 Å². The zero-order chi connectivity index (χ0) is 16.2. The summed E-state index contributed by atoms with van der Waals surface area (Å²) in [6, 6.07) is 14.7.